The van der Waals surface area contributed by atoms with Crippen LogP contribution in [0.15, 0.2) is 40.0 Å². The third kappa shape index (κ3) is 3.11. The smallest absolute Gasteiger partial charge is 0.278 e. The molecule has 96 valence electrons. The highest BCUT2D eigenvalue weighted by atomic mass is 32.2. The number of benzene rings is 1. The molecule has 1 heterocycles. The summed E-state index contributed by atoms with van der Waals surface area (Å²) in [5.74, 6) is 1.35. The zero-order valence-corrected chi connectivity index (χ0v) is 11.3. The monoisotopic (exact) mass is 264 g/mol. The van der Waals surface area contributed by atoms with Crippen LogP contribution in [0.2, 0.25) is 0 Å². The Balaban J connectivity index is 2.15. The largest absolute Gasteiger partial charge is 0.415 e. The molecule has 1 aromatic heterocycles. The van der Waals surface area contributed by atoms with Crippen LogP contribution >= 0.6 is 11.8 Å². The van der Waals surface area contributed by atoms with Crippen molar-refractivity contribution < 1.29 is 9.15 Å². The van der Waals surface area contributed by atoms with E-state index in [4.69, 9.17) is 9.15 Å². The maximum Gasteiger partial charge on any atom is 0.278 e. The van der Waals surface area contributed by atoms with Crippen LogP contribution in [0.5, 0.6) is 0 Å². The topological polar surface area (TPSA) is 48.2 Å². The van der Waals surface area contributed by atoms with Crippen molar-refractivity contribution in [3.05, 3.63) is 41.8 Å². The molecule has 0 N–H and O–H groups in total. The average Bonchev–Trinajstić information content (AvgIpc) is 2.87. The number of ether oxygens (including phenoxy) is 1. The Kier molecular flexibility index (Phi) is 4.78. The van der Waals surface area contributed by atoms with E-state index in [0.717, 1.165) is 6.42 Å². The molecule has 0 saturated heterocycles. The van der Waals surface area contributed by atoms with E-state index < -0.39 is 0 Å². The van der Waals surface area contributed by atoms with Crippen LogP contribution in [0.3, 0.4) is 0 Å². The van der Waals surface area contributed by atoms with E-state index in [1.165, 1.54) is 17.3 Å². The molecule has 0 saturated carbocycles. The minimum Gasteiger partial charge on any atom is -0.415 e. The zero-order chi connectivity index (χ0) is 12.8. The number of nitrogens with zero attached hydrogens (tertiary/aromatic N) is 2. The van der Waals surface area contributed by atoms with Gasteiger partial charge < -0.3 is 9.15 Å². The summed E-state index contributed by atoms with van der Waals surface area (Å²) in [5.41, 5.74) is 1.20. The van der Waals surface area contributed by atoms with Crippen LogP contribution < -0.4 is 0 Å². The van der Waals surface area contributed by atoms with Crippen LogP contribution in [0.4, 0.5) is 0 Å². The van der Waals surface area contributed by atoms with Gasteiger partial charge in [-0.1, -0.05) is 37.3 Å². The van der Waals surface area contributed by atoms with Gasteiger partial charge >= 0.3 is 0 Å². The standard InChI is InChI=1S/C13H16N2O2S/c1-3-11(10-7-5-4-6-8-10)12-14-15-13(17-12)18-9-16-2/h4-8,11H,3,9H2,1-2H3/t11-/m1/s1. The van der Waals surface area contributed by atoms with Gasteiger partial charge in [0.2, 0.25) is 5.89 Å². The normalized spacial score (nSPS) is 12.6. The first kappa shape index (κ1) is 13.1. The second-order valence-corrected chi connectivity index (χ2v) is 4.70. The van der Waals surface area contributed by atoms with E-state index >= 15 is 0 Å². The van der Waals surface area contributed by atoms with Crippen molar-refractivity contribution in [2.75, 3.05) is 13.0 Å². The molecular weight excluding hydrogens is 248 g/mol. The van der Waals surface area contributed by atoms with Crippen LogP contribution in [-0.2, 0) is 4.74 Å². The molecule has 0 aliphatic carbocycles. The lowest BCUT2D eigenvalue weighted by Crippen LogP contribution is -1.99. The summed E-state index contributed by atoms with van der Waals surface area (Å²) < 4.78 is 10.6. The summed E-state index contributed by atoms with van der Waals surface area (Å²) in [5, 5.41) is 8.69. The van der Waals surface area contributed by atoms with Crippen molar-refractivity contribution in [2.24, 2.45) is 0 Å². The first-order valence-corrected chi connectivity index (χ1v) is 6.83. The first-order valence-electron chi connectivity index (χ1n) is 5.85. The van der Waals surface area contributed by atoms with Crippen LogP contribution in [0.25, 0.3) is 0 Å². The van der Waals surface area contributed by atoms with Gasteiger partial charge in [-0.05, 0) is 23.7 Å². The molecule has 1 atom stereocenters. The molecule has 1 aromatic carbocycles. The summed E-state index contributed by atoms with van der Waals surface area (Å²) >= 11 is 1.40. The number of aromatic nitrogens is 2. The molecule has 0 amide bonds. The number of methoxy groups -OCH3 is 1. The van der Waals surface area contributed by atoms with E-state index in [0.29, 0.717) is 17.1 Å². The maximum absolute atomic E-state index is 5.65. The molecule has 2 aromatic rings. The van der Waals surface area contributed by atoms with Crippen LogP contribution in [-0.4, -0.2) is 23.2 Å². The Morgan fingerprint density at radius 3 is 2.72 bits per heavy atom. The zero-order valence-electron chi connectivity index (χ0n) is 10.5. The Morgan fingerprint density at radius 1 is 1.28 bits per heavy atom. The van der Waals surface area contributed by atoms with Gasteiger partial charge in [0, 0.05) is 7.11 Å². The lowest BCUT2D eigenvalue weighted by atomic mass is 9.97. The van der Waals surface area contributed by atoms with Crippen molar-refractivity contribution in [1.29, 1.82) is 0 Å². The van der Waals surface area contributed by atoms with Crippen molar-refractivity contribution in [3.63, 3.8) is 0 Å². The van der Waals surface area contributed by atoms with E-state index in [1.807, 2.05) is 18.2 Å². The Bertz CT molecular complexity index is 473. The molecule has 0 radical (unpaired) electrons. The summed E-state index contributed by atoms with van der Waals surface area (Å²) in [6.07, 6.45) is 0.931. The number of hydrogen-bond donors (Lipinski definition) is 0. The maximum atomic E-state index is 5.65. The number of thioether (sulfide) groups is 1. The summed E-state index contributed by atoms with van der Waals surface area (Å²) in [7, 11) is 1.64. The van der Waals surface area contributed by atoms with Crippen LogP contribution in [0.1, 0.15) is 30.7 Å². The quantitative estimate of drug-likeness (QED) is 0.591. The second-order valence-electron chi connectivity index (χ2n) is 3.83. The highest BCUT2D eigenvalue weighted by molar-refractivity contribution is 7.98. The van der Waals surface area contributed by atoms with Crippen molar-refractivity contribution in [1.82, 2.24) is 10.2 Å². The third-order valence-corrected chi connectivity index (χ3v) is 3.40. The Labute approximate surface area is 111 Å². The molecule has 0 aliphatic rings. The van der Waals surface area contributed by atoms with Gasteiger partial charge in [0.1, 0.15) is 5.94 Å². The van der Waals surface area contributed by atoms with Gasteiger partial charge in [0.25, 0.3) is 5.22 Å². The highest BCUT2D eigenvalue weighted by Crippen LogP contribution is 2.28. The summed E-state index contributed by atoms with van der Waals surface area (Å²) in [6, 6.07) is 10.2. The van der Waals surface area contributed by atoms with Crippen molar-refractivity contribution in [3.8, 4) is 0 Å². The minimum atomic E-state index is 0.163. The van der Waals surface area contributed by atoms with Gasteiger partial charge in [0.05, 0.1) is 5.92 Å². The van der Waals surface area contributed by atoms with Gasteiger partial charge in [-0.3, -0.25) is 0 Å². The van der Waals surface area contributed by atoms with Crippen molar-refractivity contribution in [2.45, 2.75) is 24.5 Å². The number of hydrogen-bond acceptors (Lipinski definition) is 5. The lowest BCUT2D eigenvalue weighted by Gasteiger charge is -2.09. The predicted molar refractivity (Wildman–Crippen MR) is 70.6 cm³/mol. The third-order valence-electron chi connectivity index (χ3n) is 2.63. The van der Waals surface area contributed by atoms with E-state index in [-0.39, 0.29) is 5.92 Å². The molecule has 0 spiro atoms. The summed E-state index contributed by atoms with van der Waals surface area (Å²) in [6.45, 7) is 2.11. The van der Waals surface area contributed by atoms with Gasteiger partial charge in [-0.25, -0.2) is 0 Å². The fourth-order valence-electron chi connectivity index (χ4n) is 1.77. The van der Waals surface area contributed by atoms with Crippen LogP contribution in [0, 0.1) is 0 Å². The predicted octanol–water partition coefficient (Wildman–Crippen LogP) is 3.31. The number of rotatable bonds is 6. The first-order chi connectivity index (χ1) is 8.85. The fraction of sp³-hybridized carbons (Fsp3) is 0.385. The SMILES string of the molecule is CC[C@H](c1ccccc1)c1nnc(SCOC)o1. The summed E-state index contributed by atoms with van der Waals surface area (Å²) in [4.78, 5) is 0. The molecule has 0 aliphatic heterocycles. The fourth-order valence-corrected chi connectivity index (χ4v) is 2.23. The average molecular weight is 264 g/mol. The molecule has 18 heavy (non-hydrogen) atoms. The van der Waals surface area contributed by atoms with E-state index in [9.17, 15) is 0 Å². The minimum absolute atomic E-state index is 0.163. The van der Waals surface area contributed by atoms with Gasteiger partial charge in [-0.2, -0.15) is 0 Å². The highest BCUT2D eigenvalue weighted by Gasteiger charge is 2.18. The molecular formula is C13H16N2O2S. The lowest BCUT2D eigenvalue weighted by molar-refractivity contribution is 0.257. The molecule has 0 unspecified atom stereocenters. The molecule has 5 heteroatoms. The van der Waals surface area contributed by atoms with Gasteiger partial charge in [-0.15, -0.1) is 10.2 Å². The Morgan fingerprint density at radius 2 is 2.06 bits per heavy atom. The Hall–Kier alpha value is -1.33. The van der Waals surface area contributed by atoms with Gasteiger partial charge in [0.15, 0.2) is 0 Å². The second kappa shape index (κ2) is 6.56. The van der Waals surface area contributed by atoms with Crippen molar-refractivity contribution >= 4 is 11.8 Å². The van der Waals surface area contributed by atoms with E-state index in [1.54, 1.807) is 7.11 Å². The van der Waals surface area contributed by atoms with E-state index in [2.05, 4.69) is 29.3 Å². The molecule has 4 nitrogen and oxygen atoms in total. The molecule has 0 fully saturated rings. The molecule has 0 bridgehead atoms. The molecule has 2 rings (SSSR count).